The van der Waals surface area contributed by atoms with Crippen molar-refractivity contribution in [2.75, 3.05) is 6.61 Å². The van der Waals surface area contributed by atoms with Gasteiger partial charge in [0.1, 0.15) is 10.3 Å². The minimum atomic E-state index is -0.995. The van der Waals surface area contributed by atoms with Crippen molar-refractivity contribution >= 4 is 18.2 Å². The van der Waals surface area contributed by atoms with E-state index in [1.54, 1.807) is 0 Å². The Morgan fingerprint density at radius 1 is 1.21 bits per heavy atom. The first-order valence-corrected chi connectivity index (χ1v) is 10.1. The van der Waals surface area contributed by atoms with Crippen molar-refractivity contribution < 1.29 is 9.66 Å². The van der Waals surface area contributed by atoms with Crippen molar-refractivity contribution in [3.63, 3.8) is 0 Å². The first-order valence-electron chi connectivity index (χ1n) is 9.26. The minimum absolute atomic E-state index is 0.268. The summed E-state index contributed by atoms with van der Waals surface area (Å²) in [7, 11) is 0. The Balaban J connectivity index is 2.19. The number of hydrogen-bond donors (Lipinski definition) is 0. The Bertz CT molecular complexity index is 965. The summed E-state index contributed by atoms with van der Waals surface area (Å²) in [5.41, 5.74) is 2.91. The molecule has 148 valence electrons. The fourth-order valence-corrected chi connectivity index (χ4v) is 4.72. The van der Waals surface area contributed by atoms with Crippen molar-refractivity contribution in [2.24, 2.45) is 4.99 Å². The van der Waals surface area contributed by atoms with Crippen LogP contribution in [-0.2, 0) is 4.74 Å². The van der Waals surface area contributed by atoms with Gasteiger partial charge in [-0.25, -0.2) is 4.99 Å². The van der Waals surface area contributed by atoms with Gasteiger partial charge in [-0.15, -0.1) is 0 Å². The van der Waals surface area contributed by atoms with Gasteiger partial charge in [0.25, 0.3) is 0 Å². The van der Waals surface area contributed by atoms with E-state index in [0.29, 0.717) is 17.2 Å². The molecule has 6 nitrogen and oxygen atoms in total. The third kappa shape index (κ3) is 4.49. The molecule has 1 aliphatic heterocycles. The number of nitrogens with zero attached hydrogens (tertiary/aromatic N) is 3. The zero-order chi connectivity index (χ0) is 20.8. The van der Waals surface area contributed by atoms with Crippen LogP contribution < -0.4 is 0 Å². The minimum Gasteiger partial charge on any atom is -0.483 e. The molecule has 0 bridgehead atoms. The summed E-state index contributed by atoms with van der Waals surface area (Å²) in [4.78, 5) is 16.3. The summed E-state index contributed by atoms with van der Waals surface area (Å²) in [6.07, 6.45) is 1.31. The first-order chi connectivity index (χ1) is 14.1. The number of hydrogen-bond acceptors (Lipinski definition) is 6. The third-order valence-electron chi connectivity index (χ3n) is 4.77. The molecule has 1 aliphatic rings. The molecule has 3 rings (SSSR count). The molecule has 2 aromatic carbocycles. The van der Waals surface area contributed by atoms with Crippen LogP contribution in [0.1, 0.15) is 34.8 Å². The number of rotatable bonds is 6. The van der Waals surface area contributed by atoms with Gasteiger partial charge in [0, 0.05) is 4.92 Å². The van der Waals surface area contributed by atoms with Crippen molar-refractivity contribution in [1.82, 2.24) is 0 Å². The Morgan fingerprint density at radius 3 is 2.48 bits per heavy atom. The Labute approximate surface area is 174 Å². The highest BCUT2D eigenvalue weighted by Crippen LogP contribution is 2.52. The highest BCUT2D eigenvalue weighted by atomic mass is 32.2. The van der Waals surface area contributed by atoms with Gasteiger partial charge in [0.15, 0.2) is 6.40 Å². The molecule has 0 saturated carbocycles. The van der Waals surface area contributed by atoms with Crippen LogP contribution in [0.4, 0.5) is 0 Å². The molecule has 0 unspecified atom stereocenters. The van der Waals surface area contributed by atoms with Crippen LogP contribution in [0.5, 0.6) is 0 Å². The SMILES string of the molecule is CCOC=NC1=C(C#N)[C@@H](c2ccc(C)cc2)[C@H]([N+](=O)[O-])[C@H](c2ccccc2)S1. The van der Waals surface area contributed by atoms with Crippen LogP contribution in [0.15, 0.2) is 70.2 Å². The molecule has 0 spiro atoms. The maximum Gasteiger partial charge on any atom is 0.240 e. The molecule has 29 heavy (non-hydrogen) atoms. The first kappa shape index (κ1) is 20.6. The Hall–Kier alpha value is -3.11. The van der Waals surface area contributed by atoms with Gasteiger partial charge >= 0.3 is 0 Å². The predicted molar refractivity (Wildman–Crippen MR) is 114 cm³/mol. The smallest absolute Gasteiger partial charge is 0.240 e. The molecular formula is C22H21N3O3S. The van der Waals surface area contributed by atoms with Gasteiger partial charge in [-0.2, -0.15) is 5.26 Å². The molecule has 0 amide bonds. The lowest BCUT2D eigenvalue weighted by atomic mass is 9.82. The topological polar surface area (TPSA) is 88.5 Å². The summed E-state index contributed by atoms with van der Waals surface area (Å²) in [6.45, 7) is 4.24. The van der Waals surface area contributed by atoms with E-state index in [9.17, 15) is 15.4 Å². The fourth-order valence-electron chi connectivity index (χ4n) is 3.39. The molecule has 0 radical (unpaired) electrons. The zero-order valence-electron chi connectivity index (χ0n) is 16.2. The summed E-state index contributed by atoms with van der Waals surface area (Å²) < 4.78 is 5.22. The number of benzene rings is 2. The van der Waals surface area contributed by atoms with E-state index in [2.05, 4.69) is 11.1 Å². The quantitative estimate of drug-likeness (QED) is 0.291. The van der Waals surface area contributed by atoms with Gasteiger partial charge in [-0.05, 0) is 25.0 Å². The highest BCUT2D eigenvalue weighted by Gasteiger charge is 2.48. The van der Waals surface area contributed by atoms with Crippen molar-refractivity contribution in [3.05, 3.63) is 92.0 Å². The summed E-state index contributed by atoms with van der Waals surface area (Å²) in [5, 5.41) is 22.1. The van der Waals surface area contributed by atoms with Crippen molar-refractivity contribution in [1.29, 1.82) is 5.26 Å². The summed E-state index contributed by atoms with van der Waals surface area (Å²) in [5.74, 6) is -0.698. The summed E-state index contributed by atoms with van der Waals surface area (Å²) in [6, 6.07) is 18.1. The second kappa shape index (κ2) is 9.39. The lowest BCUT2D eigenvalue weighted by molar-refractivity contribution is -0.525. The molecule has 7 heteroatoms. The van der Waals surface area contributed by atoms with Crippen LogP contribution in [0.2, 0.25) is 0 Å². The number of thioether (sulfide) groups is 1. The number of aliphatic imine (C=N–C) groups is 1. The largest absolute Gasteiger partial charge is 0.483 e. The summed E-state index contributed by atoms with van der Waals surface area (Å²) >= 11 is 1.24. The van der Waals surface area contributed by atoms with Crippen molar-refractivity contribution in [3.8, 4) is 6.07 Å². The average Bonchev–Trinajstić information content (AvgIpc) is 2.74. The van der Waals surface area contributed by atoms with E-state index in [1.807, 2.05) is 68.4 Å². The standard InChI is InChI=1S/C22H21N3O3S/c1-3-28-14-24-22-18(13-23)19(16-11-9-15(2)10-12-16)20(25(26)27)21(29-22)17-7-5-4-6-8-17/h4-12,14,19-21H,3H2,1-2H3/t19-,20+,21+/m1/s1. The van der Waals surface area contributed by atoms with Crippen LogP contribution in [0.25, 0.3) is 0 Å². The van der Waals surface area contributed by atoms with E-state index in [1.165, 1.54) is 18.2 Å². The molecular weight excluding hydrogens is 386 g/mol. The van der Waals surface area contributed by atoms with E-state index < -0.39 is 17.2 Å². The van der Waals surface area contributed by atoms with E-state index in [4.69, 9.17) is 4.74 Å². The second-order valence-corrected chi connectivity index (χ2v) is 7.76. The molecule has 0 aliphatic carbocycles. The second-order valence-electron chi connectivity index (χ2n) is 6.63. The van der Waals surface area contributed by atoms with Gasteiger partial charge in [0.2, 0.25) is 6.04 Å². The van der Waals surface area contributed by atoms with Crippen LogP contribution in [0, 0.1) is 28.4 Å². The van der Waals surface area contributed by atoms with E-state index in [0.717, 1.165) is 16.7 Å². The van der Waals surface area contributed by atoms with Gasteiger partial charge in [-0.1, -0.05) is 71.9 Å². The number of nitriles is 1. The lowest BCUT2D eigenvalue weighted by Crippen LogP contribution is -2.36. The van der Waals surface area contributed by atoms with Crippen molar-refractivity contribution in [2.45, 2.75) is 31.1 Å². The molecule has 0 fully saturated rings. The third-order valence-corrected chi connectivity index (χ3v) is 6.12. The van der Waals surface area contributed by atoms with Gasteiger partial charge in [0.05, 0.1) is 24.2 Å². The zero-order valence-corrected chi connectivity index (χ0v) is 17.0. The monoisotopic (exact) mass is 407 g/mol. The molecule has 3 atom stereocenters. The number of aryl methyl sites for hydroxylation is 1. The highest BCUT2D eigenvalue weighted by molar-refractivity contribution is 8.03. The molecule has 0 aromatic heterocycles. The molecule has 1 heterocycles. The van der Waals surface area contributed by atoms with Crippen LogP contribution in [-0.4, -0.2) is 24.0 Å². The Morgan fingerprint density at radius 2 is 1.90 bits per heavy atom. The van der Waals surface area contributed by atoms with Gasteiger partial charge < -0.3 is 4.74 Å². The maximum atomic E-state index is 12.2. The Kier molecular flexibility index (Phi) is 6.68. The average molecular weight is 407 g/mol. The van der Waals surface area contributed by atoms with E-state index in [-0.39, 0.29) is 4.92 Å². The lowest BCUT2D eigenvalue weighted by Gasteiger charge is -2.32. The fraction of sp³-hybridized carbons (Fsp3) is 0.273. The molecule has 0 saturated heterocycles. The predicted octanol–water partition coefficient (Wildman–Crippen LogP) is 5.01. The molecule has 2 aromatic rings. The van der Waals surface area contributed by atoms with Crippen LogP contribution in [0.3, 0.4) is 0 Å². The molecule has 0 N–H and O–H groups in total. The maximum absolute atomic E-state index is 12.2. The number of ether oxygens (including phenoxy) is 1. The number of nitro groups is 1. The normalized spacial score (nSPS) is 21.8. The van der Waals surface area contributed by atoms with Gasteiger partial charge in [-0.3, -0.25) is 10.1 Å². The van der Waals surface area contributed by atoms with E-state index >= 15 is 0 Å². The van der Waals surface area contributed by atoms with Crippen LogP contribution >= 0.6 is 11.8 Å².